The monoisotopic (exact) mass is 279 g/mol. The molecule has 0 fully saturated rings. The third-order valence-electron chi connectivity index (χ3n) is 2.97. The van der Waals surface area contributed by atoms with Crippen LogP contribution in [0, 0.1) is 0 Å². The summed E-state index contributed by atoms with van der Waals surface area (Å²) in [4.78, 5) is 6.84. The molecule has 0 aliphatic heterocycles. The average Bonchev–Trinajstić information content (AvgIpc) is 2.98. The van der Waals surface area contributed by atoms with Gasteiger partial charge < -0.3 is 10.2 Å². The van der Waals surface area contributed by atoms with Crippen molar-refractivity contribution in [3.05, 3.63) is 29.0 Å². The van der Waals surface area contributed by atoms with Gasteiger partial charge in [-0.25, -0.2) is 4.98 Å². The lowest BCUT2D eigenvalue weighted by Gasteiger charge is -2.14. The molecule has 2 aromatic heterocycles. The summed E-state index contributed by atoms with van der Waals surface area (Å²) in [5.41, 5.74) is 2.31. The van der Waals surface area contributed by atoms with Crippen molar-refractivity contribution in [1.82, 2.24) is 20.1 Å². The molecule has 0 radical (unpaired) electrons. The first-order valence-corrected chi connectivity index (χ1v) is 7.35. The Morgan fingerprint density at radius 2 is 2.32 bits per heavy atom. The lowest BCUT2D eigenvalue weighted by Crippen LogP contribution is -2.19. The van der Waals surface area contributed by atoms with E-state index in [4.69, 9.17) is 0 Å². The highest BCUT2D eigenvalue weighted by atomic mass is 32.1. The van der Waals surface area contributed by atoms with Crippen LogP contribution >= 0.6 is 11.3 Å². The average molecular weight is 279 g/mol. The fourth-order valence-corrected chi connectivity index (χ4v) is 2.84. The first-order chi connectivity index (χ1) is 9.10. The second kappa shape index (κ2) is 6.16. The van der Waals surface area contributed by atoms with E-state index in [0.29, 0.717) is 6.04 Å². The highest BCUT2D eigenvalue weighted by Crippen LogP contribution is 2.24. The maximum absolute atomic E-state index is 4.69. The summed E-state index contributed by atoms with van der Waals surface area (Å²) in [5.74, 6) is 0. The van der Waals surface area contributed by atoms with E-state index >= 15 is 0 Å². The normalized spacial score (nSPS) is 12.6. The Morgan fingerprint density at radius 1 is 1.53 bits per heavy atom. The van der Waals surface area contributed by atoms with Gasteiger partial charge in [0.1, 0.15) is 0 Å². The number of aryl methyl sites for hydroxylation is 1. The molecule has 2 rings (SSSR count). The fourth-order valence-electron chi connectivity index (χ4n) is 1.96. The molecule has 1 atom stereocenters. The Balaban J connectivity index is 2.01. The van der Waals surface area contributed by atoms with Crippen molar-refractivity contribution in [2.45, 2.75) is 26.4 Å². The van der Waals surface area contributed by atoms with Crippen LogP contribution in [-0.4, -0.2) is 28.4 Å². The molecule has 0 aliphatic rings. The van der Waals surface area contributed by atoms with Gasteiger partial charge in [0.2, 0.25) is 0 Å². The molecule has 0 amide bonds. The van der Waals surface area contributed by atoms with Crippen LogP contribution in [0.3, 0.4) is 0 Å². The van der Waals surface area contributed by atoms with Gasteiger partial charge in [-0.2, -0.15) is 5.10 Å². The van der Waals surface area contributed by atoms with Crippen molar-refractivity contribution >= 4 is 16.5 Å². The molecule has 1 N–H and O–H groups in total. The summed E-state index contributed by atoms with van der Waals surface area (Å²) < 4.78 is 1.82. The van der Waals surface area contributed by atoms with E-state index < -0.39 is 0 Å². The van der Waals surface area contributed by atoms with Crippen LogP contribution in [0.1, 0.15) is 31.1 Å². The van der Waals surface area contributed by atoms with Crippen LogP contribution in [0.4, 0.5) is 5.13 Å². The van der Waals surface area contributed by atoms with Gasteiger partial charge in [-0.15, -0.1) is 11.3 Å². The molecule has 0 aliphatic carbocycles. The fraction of sp³-hybridized carbons (Fsp3) is 0.538. The van der Waals surface area contributed by atoms with Gasteiger partial charge in [0.15, 0.2) is 5.13 Å². The quantitative estimate of drug-likeness (QED) is 0.880. The van der Waals surface area contributed by atoms with Crippen molar-refractivity contribution < 1.29 is 0 Å². The zero-order chi connectivity index (χ0) is 13.8. The number of nitrogens with one attached hydrogen (secondary N) is 1. The lowest BCUT2D eigenvalue weighted by atomic mass is 10.2. The maximum Gasteiger partial charge on any atom is 0.185 e. The molecule has 0 aromatic carbocycles. The minimum atomic E-state index is 0.307. The Labute approximate surface area is 118 Å². The van der Waals surface area contributed by atoms with Gasteiger partial charge >= 0.3 is 0 Å². The predicted octanol–water partition coefficient (Wildman–Crippen LogP) is 2.18. The van der Waals surface area contributed by atoms with Crippen LogP contribution in [0.5, 0.6) is 0 Å². The van der Waals surface area contributed by atoms with E-state index in [1.807, 2.05) is 24.1 Å². The second-order valence-electron chi connectivity index (χ2n) is 4.71. The van der Waals surface area contributed by atoms with Gasteiger partial charge in [0, 0.05) is 43.8 Å². The molecular formula is C13H21N5S. The first-order valence-electron chi connectivity index (χ1n) is 6.47. The van der Waals surface area contributed by atoms with E-state index in [9.17, 15) is 0 Å². The number of hydrogen-bond acceptors (Lipinski definition) is 5. The molecular weight excluding hydrogens is 258 g/mol. The van der Waals surface area contributed by atoms with Crippen molar-refractivity contribution in [2.75, 3.05) is 18.5 Å². The standard InChI is InChI=1S/C13H21N5S/c1-5-14-10(2)12-9-19-13(16-12)17(3)7-11-6-15-18(4)8-11/h6,8-10,14H,5,7H2,1-4H3. The molecule has 104 valence electrons. The van der Waals surface area contributed by atoms with E-state index in [1.54, 1.807) is 11.3 Å². The third kappa shape index (κ3) is 3.54. The molecule has 0 saturated carbocycles. The third-order valence-corrected chi connectivity index (χ3v) is 3.94. The zero-order valence-electron chi connectivity index (χ0n) is 11.9. The minimum Gasteiger partial charge on any atom is -0.347 e. The van der Waals surface area contributed by atoms with Crippen molar-refractivity contribution in [3.63, 3.8) is 0 Å². The largest absolute Gasteiger partial charge is 0.347 e. The molecule has 5 nitrogen and oxygen atoms in total. The Morgan fingerprint density at radius 3 is 2.95 bits per heavy atom. The van der Waals surface area contributed by atoms with Crippen LogP contribution in [0.15, 0.2) is 17.8 Å². The van der Waals surface area contributed by atoms with Crippen LogP contribution < -0.4 is 10.2 Å². The smallest absolute Gasteiger partial charge is 0.185 e. The van der Waals surface area contributed by atoms with Crippen LogP contribution in [0.25, 0.3) is 0 Å². The summed E-state index contributed by atoms with van der Waals surface area (Å²) in [6, 6.07) is 0.307. The highest BCUT2D eigenvalue weighted by molar-refractivity contribution is 7.13. The molecule has 2 aromatic rings. The Kier molecular flexibility index (Phi) is 4.55. The first kappa shape index (κ1) is 14.0. The van der Waals surface area contributed by atoms with E-state index in [2.05, 4.69) is 46.6 Å². The summed E-state index contributed by atoms with van der Waals surface area (Å²) in [6.45, 7) is 6.04. The van der Waals surface area contributed by atoms with Gasteiger partial charge in [0.05, 0.1) is 11.9 Å². The van der Waals surface area contributed by atoms with Gasteiger partial charge in [-0.05, 0) is 13.5 Å². The van der Waals surface area contributed by atoms with Crippen LogP contribution in [-0.2, 0) is 13.6 Å². The predicted molar refractivity (Wildman–Crippen MR) is 79.5 cm³/mol. The summed E-state index contributed by atoms with van der Waals surface area (Å²) in [6.07, 6.45) is 3.93. The van der Waals surface area contributed by atoms with Gasteiger partial charge in [-0.1, -0.05) is 6.92 Å². The minimum absolute atomic E-state index is 0.307. The number of anilines is 1. The molecule has 0 saturated heterocycles. The Bertz CT molecular complexity index is 519. The molecule has 0 spiro atoms. The number of thiazole rings is 1. The highest BCUT2D eigenvalue weighted by Gasteiger charge is 2.12. The van der Waals surface area contributed by atoms with Crippen molar-refractivity contribution in [3.8, 4) is 0 Å². The van der Waals surface area contributed by atoms with Crippen molar-refractivity contribution in [2.24, 2.45) is 7.05 Å². The van der Waals surface area contributed by atoms with Crippen molar-refractivity contribution in [1.29, 1.82) is 0 Å². The number of hydrogen-bond donors (Lipinski definition) is 1. The summed E-state index contributed by atoms with van der Waals surface area (Å²) >= 11 is 1.69. The van der Waals surface area contributed by atoms with Gasteiger partial charge in [0.25, 0.3) is 0 Å². The Hall–Kier alpha value is -1.40. The second-order valence-corrected chi connectivity index (χ2v) is 5.55. The molecule has 19 heavy (non-hydrogen) atoms. The molecule has 0 bridgehead atoms. The topological polar surface area (TPSA) is 46.0 Å². The number of rotatable bonds is 6. The zero-order valence-corrected chi connectivity index (χ0v) is 12.7. The number of nitrogens with zero attached hydrogens (tertiary/aromatic N) is 4. The van der Waals surface area contributed by atoms with E-state index in [-0.39, 0.29) is 0 Å². The summed E-state index contributed by atoms with van der Waals surface area (Å²) in [5, 5.41) is 10.7. The van der Waals surface area contributed by atoms with Crippen LogP contribution in [0.2, 0.25) is 0 Å². The maximum atomic E-state index is 4.69. The molecule has 6 heteroatoms. The van der Waals surface area contributed by atoms with Gasteiger partial charge in [-0.3, -0.25) is 4.68 Å². The summed E-state index contributed by atoms with van der Waals surface area (Å²) in [7, 11) is 4.00. The SMILES string of the molecule is CCNC(C)c1csc(N(C)Cc2cnn(C)c2)n1. The number of aromatic nitrogens is 3. The molecule has 2 heterocycles. The molecule has 1 unspecified atom stereocenters. The van der Waals surface area contributed by atoms with E-state index in [0.717, 1.165) is 23.9 Å². The van der Waals surface area contributed by atoms with E-state index in [1.165, 1.54) is 5.56 Å². The lowest BCUT2D eigenvalue weighted by molar-refractivity contribution is 0.586.